The number of hydrogen-bond acceptors (Lipinski definition) is 4. The second-order valence-electron chi connectivity index (χ2n) is 6.58. The maximum Gasteiger partial charge on any atom is 0.232 e. The molecule has 3 rings (SSSR count). The van der Waals surface area contributed by atoms with Crippen LogP contribution in [0.25, 0.3) is 0 Å². The van der Waals surface area contributed by atoms with Crippen LogP contribution in [0.3, 0.4) is 0 Å². The Bertz CT molecular complexity index is 971. The first-order chi connectivity index (χ1) is 12.2. The van der Waals surface area contributed by atoms with Crippen LogP contribution in [-0.4, -0.2) is 33.1 Å². The summed E-state index contributed by atoms with van der Waals surface area (Å²) in [5, 5.41) is 0.645. The molecule has 0 saturated heterocycles. The molecule has 26 heavy (non-hydrogen) atoms. The van der Waals surface area contributed by atoms with Gasteiger partial charge in [-0.15, -0.1) is 0 Å². The van der Waals surface area contributed by atoms with Crippen molar-refractivity contribution in [3.8, 4) is 5.75 Å². The second-order valence-corrected chi connectivity index (χ2v) is 8.84. The lowest BCUT2D eigenvalue weighted by atomic mass is 10.0. The van der Waals surface area contributed by atoms with E-state index in [1.807, 2.05) is 13.8 Å². The first-order valence-corrected chi connectivity index (χ1v) is 10.4. The number of fused-ring (bicyclic) bond motifs is 1. The minimum absolute atomic E-state index is 0.0921. The lowest BCUT2D eigenvalue weighted by Crippen LogP contribution is -2.34. The molecule has 138 valence electrons. The fourth-order valence-corrected chi connectivity index (χ4v) is 4.60. The quantitative estimate of drug-likeness (QED) is 0.728. The fourth-order valence-electron chi connectivity index (χ4n) is 3.22. The van der Waals surface area contributed by atoms with Crippen molar-refractivity contribution in [2.24, 2.45) is 0 Å². The number of Topliss-reactive ketones (excluding diaryl/α,β-unsaturated/α-hetero) is 1. The molecule has 0 fully saturated rings. The molecule has 0 aromatic heterocycles. The Morgan fingerprint density at radius 3 is 2.65 bits per heavy atom. The topological polar surface area (TPSA) is 63.7 Å². The first-order valence-electron chi connectivity index (χ1n) is 8.21. The zero-order valence-electron chi connectivity index (χ0n) is 14.8. The van der Waals surface area contributed by atoms with E-state index in [4.69, 9.17) is 16.3 Å². The molecule has 0 N–H and O–H groups in total. The molecule has 5 nitrogen and oxygen atoms in total. The van der Waals surface area contributed by atoms with Crippen LogP contribution in [-0.2, 0) is 16.4 Å². The van der Waals surface area contributed by atoms with Crippen LogP contribution < -0.4 is 9.04 Å². The minimum atomic E-state index is -3.34. The highest BCUT2D eigenvalue weighted by molar-refractivity contribution is 7.92. The monoisotopic (exact) mass is 393 g/mol. The summed E-state index contributed by atoms with van der Waals surface area (Å²) in [6.45, 7) is 3.63. The number of sulfonamides is 1. The van der Waals surface area contributed by atoms with Crippen molar-refractivity contribution in [3.63, 3.8) is 0 Å². The summed E-state index contributed by atoms with van der Waals surface area (Å²) >= 11 is 5.98. The van der Waals surface area contributed by atoms with Crippen LogP contribution >= 0.6 is 11.6 Å². The molecule has 1 atom stereocenters. The van der Waals surface area contributed by atoms with Gasteiger partial charge in [-0.3, -0.25) is 9.10 Å². The van der Waals surface area contributed by atoms with Gasteiger partial charge in [-0.25, -0.2) is 8.42 Å². The molecule has 2 aromatic rings. The number of rotatable bonds is 5. The van der Waals surface area contributed by atoms with Crippen molar-refractivity contribution < 1.29 is 17.9 Å². The number of carbonyl (C=O) groups is 1. The van der Waals surface area contributed by atoms with E-state index in [1.165, 1.54) is 10.6 Å². The van der Waals surface area contributed by atoms with E-state index in [1.54, 1.807) is 36.4 Å². The van der Waals surface area contributed by atoms with E-state index < -0.39 is 10.0 Å². The van der Waals surface area contributed by atoms with Crippen LogP contribution in [0.4, 0.5) is 5.69 Å². The van der Waals surface area contributed by atoms with E-state index in [0.717, 1.165) is 11.1 Å². The van der Waals surface area contributed by atoms with Gasteiger partial charge in [-0.1, -0.05) is 11.6 Å². The average Bonchev–Trinajstić information content (AvgIpc) is 2.90. The average molecular weight is 394 g/mol. The largest absolute Gasteiger partial charge is 0.485 e. The Hall–Kier alpha value is -2.05. The molecule has 0 saturated carbocycles. The molecular formula is C19H20ClNO4S. The van der Waals surface area contributed by atoms with E-state index in [2.05, 4.69) is 0 Å². The van der Waals surface area contributed by atoms with Gasteiger partial charge in [0.2, 0.25) is 10.0 Å². The molecular weight excluding hydrogens is 374 g/mol. The highest BCUT2D eigenvalue weighted by atomic mass is 35.5. The third-order valence-corrected chi connectivity index (χ3v) is 6.11. The molecule has 0 unspecified atom stereocenters. The van der Waals surface area contributed by atoms with Gasteiger partial charge in [-0.2, -0.15) is 0 Å². The van der Waals surface area contributed by atoms with Crippen molar-refractivity contribution in [2.75, 3.05) is 17.2 Å². The summed E-state index contributed by atoms with van der Waals surface area (Å²) in [5.74, 6) is 0.421. The second kappa shape index (κ2) is 6.93. The highest BCUT2D eigenvalue weighted by Gasteiger charge is 2.32. The number of benzene rings is 2. The molecule has 1 heterocycles. The molecule has 2 aromatic carbocycles. The Morgan fingerprint density at radius 1 is 1.27 bits per heavy atom. The number of aryl methyl sites for hydroxylation is 1. The maximum absolute atomic E-state index is 12.4. The van der Waals surface area contributed by atoms with Gasteiger partial charge >= 0.3 is 0 Å². The molecule has 7 heteroatoms. The fraction of sp³-hybridized carbons (Fsp3) is 0.316. The lowest BCUT2D eigenvalue weighted by Gasteiger charge is -2.21. The highest BCUT2D eigenvalue weighted by Crippen LogP contribution is 2.34. The van der Waals surface area contributed by atoms with Gasteiger partial charge in [-0.05, 0) is 67.8 Å². The van der Waals surface area contributed by atoms with Gasteiger partial charge in [0.25, 0.3) is 0 Å². The molecule has 0 bridgehead atoms. The van der Waals surface area contributed by atoms with Crippen molar-refractivity contribution in [2.45, 2.75) is 26.3 Å². The third-order valence-electron chi connectivity index (χ3n) is 4.41. The summed E-state index contributed by atoms with van der Waals surface area (Å²) in [5.41, 5.74) is 2.89. The maximum atomic E-state index is 12.4. The normalized spacial score (nSPS) is 16.5. The summed E-state index contributed by atoms with van der Waals surface area (Å²) in [6, 6.07) is 10.2. The number of ether oxygens (including phenoxy) is 1. The van der Waals surface area contributed by atoms with Crippen LogP contribution in [0.2, 0.25) is 5.02 Å². The van der Waals surface area contributed by atoms with Gasteiger partial charge in [0.15, 0.2) is 12.4 Å². The smallest absolute Gasteiger partial charge is 0.232 e. The first kappa shape index (κ1) is 18.7. The van der Waals surface area contributed by atoms with Crippen LogP contribution in [0.15, 0.2) is 36.4 Å². The number of halogens is 1. The standard InChI is InChI=1S/C19H20ClNO4S/c1-12-8-16(5-6-17(12)20)25-11-19(22)14-4-7-18-15(10-14)9-13(2)21(18)26(3,23)24/h4-8,10,13H,9,11H2,1-3H3/t13-/m1/s1. The SMILES string of the molecule is Cc1cc(OCC(=O)c2ccc3c(c2)C[C@@H](C)N3S(C)(=O)=O)ccc1Cl. The Balaban J connectivity index is 1.75. The van der Waals surface area contributed by atoms with Crippen LogP contribution in [0.1, 0.15) is 28.4 Å². The molecule has 0 aliphatic carbocycles. The van der Waals surface area contributed by atoms with Crippen LogP contribution in [0, 0.1) is 6.92 Å². The van der Waals surface area contributed by atoms with Crippen molar-refractivity contribution >= 4 is 33.1 Å². The minimum Gasteiger partial charge on any atom is -0.485 e. The predicted octanol–water partition coefficient (Wildman–Crippen LogP) is 3.62. The molecule has 0 amide bonds. The zero-order chi connectivity index (χ0) is 19.1. The Morgan fingerprint density at radius 2 is 2.00 bits per heavy atom. The van der Waals surface area contributed by atoms with Gasteiger partial charge in [0, 0.05) is 16.6 Å². The molecule has 0 radical (unpaired) electrons. The number of ketones is 1. The van der Waals surface area contributed by atoms with Gasteiger partial charge < -0.3 is 4.74 Å². The van der Waals surface area contributed by atoms with Crippen molar-refractivity contribution in [3.05, 3.63) is 58.1 Å². The van der Waals surface area contributed by atoms with Gasteiger partial charge in [0.05, 0.1) is 11.9 Å². The van der Waals surface area contributed by atoms with Gasteiger partial charge in [0.1, 0.15) is 5.75 Å². The molecule has 1 aliphatic heterocycles. The van der Waals surface area contributed by atoms with Crippen molar-refractivity contribution in [1.82, 2.24) is 0 Å². The van der Waals surface area contributed by atoms with E-state index in [0.29, 0.717) is 28.4 Å². The van der Waals surface area contributed by atoms with E-state index >= 15 is 0 Å². The molecule has 0 spiro atoms. The Kier molecular flexibility index (Phi) is 4.99. The van der Waals surface area contributed by atoms with Crippen molar-refractivity contribution in [1.29, 1.82) is 0 Å². The molecule has 1 aliphatic rings. The zero-order valence-corrected chi connectivity index (χ0v) is 16.4. The summed E-state index contributed by atoms with van der Waals surface area (Å²) in [4.78, 5) is 12.4. The number of nitrogens with zero attached hydrogens (tertiary/aromatic N) is 1. The summed E-state index contributed by atoms with van der Waals surface area (Å²) in [7, 11) is -3.34. The number of anilines is 1. The summed E-state index contributed by atoms with van der Waals surface area (Å²) in [6.07, 6.45) is 1.78. The number of carbonyl (C=O) groups excluding carboxylic acids is 1. The van der Waals surface area contributed by atoms with E-state index in [9.17, 15) is 13.2 Å². The van der Waals surface area contributed by atoms with E-state index in [-0.39, 0.29) is 18.4 Å². The Labute approximate surface area is 158 Å². The number of hydrogen-bond donors (Lipinski definition) is 0. The lowest BCUT2D eigenvalue weighted by molar-refractivity contribution is 0.0921. The summed E-state index contributed by atoms with van der Waals surface area (Å²) < 4.78 is 30.9. The van der Waals surface area contributed by atoms with Crippen LogP contribution in [0.5, 0.6) is 5.75 Å². The third kappa shape index (κ3) is 3.71. The predicted molar refractivity (Wildman–Crippen MR) is 103 cm³/mol.